The van der Waals surface area contributed by atoms with Gasteiger partial charge in [0.25, 0.3) is 0 Å². The van der Waals surface area contributed by atoms with Crippen molar-refractivity contribution in [1.29, 1.82) is 0 Å². The first-order chi connectivity index (χ1) is 20.8. The van der Waals surface area contributed by atoms with Crippen LogP contribution in [-0.2, 0) is 25.6 Å². The number of rotatable bonds is 24. The van der Waals surface area contributed by atoms with Crippen LogP contribution in [0, 0.1) is 11.8 Å². The number of hydrogen-bond donors (Lipinski definition) is 2. The molecule has 2 heterocycles. The van der Waals surface area contributed by atoms with Gasteiger partial charge in [-0.3, -0.25) is 9.59 Å². The molecule has 0 aliphatic heterocycles. The van der Waals surface area contributed by atoms with Crippen molar-refractivity contribution in [2.75, 3.05) is 18.9 Å². The number of anilines is 1. The molecule has 0 fully saturated rings. The van der Waals surface area contributed by atoms with Crippen LogP contribution in [0.15, 0.2) is 24.7 Å². The van der Waals surface area contributed by atoms with Gasteiger partial charge in [-0.1, -0.05) is 84.3 Å². The van der Waals surface area contributed by atoms with E-state index >= 15 is 0 Å². The molecule has 0 aliphatic carbocycles. The Morgan fingerprint density at radius 2 is 1.58 bits per heavy atom. The third kappa shape index (κ3) is 15.3. The number of hydrogen-bond acceptors (Lipinski definition) is 9. The predicted octanol–water partition coefficient (Wildman–Crippen LogP) is 6.52. The van der Waals surface area contributed by atoms with E-state index in [-0.39, 0.29) is 37.0 Å². The first-order valence-corrected chi connectivity index (χ1v) is 16.5. The second-order valence-corrected chi connectivity index (χ2v) is 11.9. The van der Waals surface area contributed by atoms with Crippen molar-refractivity contribution in [3.05, 3.63) is 24.7 Å². The van der Waals surface area contributed by atoms with Crippen LogP contribution >= 0.6 is 0 Å². The normalized spacial score (nSPS) is 13.1. The van der Waals surface area contributed by atoms with Crippen molar-refractivity contribution >= 4 is 29.1 Å². The van der Waals surface area contributed by atoms with Gasteiger partial charge < -0.3 is 25.5 Å². The van der Waals surface area contributed by atoms with Crippen LogP contribution in [0.1, 0.15) is 117 Å². The number of imidazole rings is 1. The zero-order valence-electron chi connectivity index (χ0n) is 26.8. The van der Waals surface area contributed by atoms with E-state index in [4.69, 9.17) is 20.9 Å². The maximum atomic E-state index is 12.4. The van der Waals surface area contributed by atoms with E-state index in [1.807, 2.05) is 18.4 Å². The highest BCUT2D eigenvalue weighted by Gasteiger charge is 2.22. The van der Waals surface area contributed by atoms with Gasteiger partial charge in [-0.2, -0.15) is 4.98 Å². The minimum absolute atomic E-state index is 0.0271. The molecule has 10 nitrogen and oxygen atoms in total. The second-order valence-electron chi connectivity index (χ2n) is 11.9. The zero-order chi connectivity index (χ0) is 31.3. The number of nitrogens with zero attached hydrogens (tertiary/aromatic N) is 4. The van der Waals surface area contributed by atoms with Crippen LogP contribution in [0.4, 0.5) is 5.95 Å². The fourth-order valence-corrected chi connectivity index (χ4v) is 4.83. The van der Waals surface area contributed by atoms with Gasteiger partial charge in [-0.25, -0.2) is 9.97 Å². The summed E-state index contributed by atoms with van der Waals surface area (Å²) < 4.78 is 12.9. The molecule has 0 spiro atoms. The van der Waals surface area contributed by atoms with Gasteiger partial charge in [0.1, 0.15) is 11.6 Å². The van der Waals surface area contributed by atoms with Crippen molar-refractivity contribution in [2.45, 2.75) is 130 Å². The maximum Gasteiger partial charge on any atom is 0.323 e. The van der Waals surface area contributed by atoms with Gasteiger partial charge in [-0.05, 0) is 44.4 Å². The number of nitrogens with two attached hydrogens (primary N) is 2. The largest absolute Gasteiger partial charge is 0.466 e. The lowest BCUT2D eigenvalue weighted by atomic mass is 10.1. The topological polar surface area (TPSA) is 148 Å². The fraction of sp³-hybridized carbons (Fsp3) is 0.727. The molecule has 242 valence electrons. The van der Waals surface area contributed by atoms with Crippen LogP contribution in [0.2, 0.25) is 0 Å². The lowest BCUT2D eigenvalue weighted by molar-refractivity contribution is -0.149. The van der Waals surface area contributed by atoms with Gasteiger partial charge in [0, 0.05) is 18.9 Å². The average molecular weight is 601 g/mol. The average Bonchev–Trinajstić information content (AvgIpc) is 3.38. The highest BCUT2D eigenvalue weighted by Crippen LogP contribution is 2.16. The molecule has 0 saturated carbocycles. The SMILES string of the molecule is CCCCCCCCC=CCCCCCCCC(=O)OCC[C@@H](COC(=O)[C@@H](N)C(C)C)Cn1cnc2cnc(N)nc21. The Hall–Kier alpha value is -3.01. The van der Waals surface area contributed by atoms with Crippen LogP contribution in [-0.4, -0.2) is 50.7 Å². The number of ether oxygens (including phenoxy) is 2. The van der Waals surface area contributed by atoms with Gasteiger partial charge in [0.15, 0.2) is 5.65 Å². The number of nitrogen functional groups attached to an aromatic ring is 1. The molecule has 2 rings (SSSR count). The number of unbranched alkanes of at least 4 members (excludes halogenated alkanes) is 11. The molecule has 0 unspecified atom stereocenters. The summed E-state index contributed by atoms with van der Waals surface area (Å²) >= 11 is 0. The van der Waals surface area contributed by atoms with Gasteiger partial charge in [0.05, 0.1) is 25.7 Å². The molecule has 0 saturated heterocycles. The van der Waals surface area contributed by atoms with E-state index in [9.17, 15) is 9.59 Å². The van der Waals surface area contributed by atoms with E-state index < -0.39 is 12.0 Å². The minimum Gasteiger partial charge on any atom is -0.466 e. The van der Waals surface area contributed by atoms with Crippen molar-refractivity contribution in [1.82, 2.24) is 19.5 Å². The zero-order valence-corrected chi connectivity index (χ0v) is 26.8. The summed E-state index contributed by atoms with van der Waals surface area (Å²) in [6.07, 6.45) is 24.7. The first-order valence-electron chi connectivity index (χ1n) is 16.5. The molecule has 0 radical (unpaired) electrons. The van der Waals surface area contributed by atoms with E-state index in [2.05, 4.69) is 34.0 Å². The van der Waals surface area contributed by atoms with Crippen molar-refractivity contribution in [3.8, 4) is 0 Å². The molecule has 4 N–H and O–H groups in total. The van der Waals surface area contributed by atoms with E-state index in [0.29, 0.717) is 30.6 Å². The van der Waals surface area contributed by atoms with E-state index in [1.165, 1.54) is 57.8 Å². The summed E-state index contributed by atoms with van der Waals surface area (Å²) in [7, 11) is 0. The Morgan fingerprint density at radius 1 is 0.930 bits per heavy atom. The summed E-state index contributed by atoms with van der Waals surface area (Å²) in [4.78, 5) is 37.3. The van der Waals surface area contributed by atoms with Crippen molar-refractivity contribution in [3.63, 3.8) is 0 Å². The number of carbonyl (C=O) groups is 2. The summed E-state index contributed by atoms with van der Waals surface area (Å²) in [6, 6.07) is -0.688. The van der Waals surface area contributed by atoms with Crippen LogP contribution in [0.25, 0.3) is 11.2 Å². The third-order valence-corrected chi connectivity index (χ3v) is 7.72. The molecule has 0 bridgehead atoms. The Labute approximate surface area is 258 Å². The van der Waals surface area contributed by atoms with Crippen LogP contribution < -0.4 is 11.5 Å². The molecule has 2 aromatic rings. The molecule has 2 atom stereocenters. The number of allylic oxidation sites excluding steroid dienone is 2. The monoisotopic (exact) mass is 600 g/mol. The molecule has 43 heavy (non-hydrogen) atoms. The highest BCUT2D eigenvalue weighted by molar-refractivity contribution is 5.75. The maximum absolute atomic E-state index is 12.4. The highest BCUT2D eigenvalue weighted by atomic mass is 16.5. The smallest absolute Gasteiger partial charge is 0.323 e. The Morgan fingerprint density at radius 3 is 2.26 bits per heavy atom. The molecule has 0 aliphatic rings. The lowest BCUT2D eigenvalue weighted by Gasteiger charge is -2.20. The van der Waals surface area contributed by atoms with Gasteiger partial charge >= 0.3 is 11.9 Å². The summed E-state index contributed by atoms with van der Waals surface area (Å²) in [5.74, 6) is -0.637. The summed E-state index contributed by atoms with van der Waals surface area (Å²) in [5, 5.41) is 0. The molecule has 10 heteroatoms. The number of esters is 2. The Kier molecular flexibility index (Phi) is 18.2. The molecular weight excluding hydrogens is 544 g/mol. The van der Waals surface area contributed by atoms with Crippen LogP contribution in [0.5, 0.6) is 0 Å². The summed E-state index contributed by atoms with van der Waals surface area (Å²) in [5.41, 5.74) is 12.9. The fourth-order valence-electron chi connectivity index (χ4n) is 4.83. The number of carbonyl (C=O) groups excluding carboxylic acids is 2. The molecule has 2 aromatic heterocycles. The van der Waals surface area contributed by atoms with E-state index in [0.717, 1.165) is 25.7 Å². The third-order valence-electron chi connectivity index (χ3n) is 7.72. The first kappa shape index (κ1) is 36.2. The van der Waals surface area contributed by atoms with Crippen molar-refractivity contribution < 1.29 is 19.1 Å². The Balaban J connectivity index is 1.64. The van der Waals surface area contributed by atoms with Crippen molar-refractivity contribution in [2.24, 2.45) is 17.6 Å². The Bertz CT molecular complexity index is 1090. The van der Waals surface area contributed by atoms with Gasteiger partial charge in [0.2, 0.25) is 5.95 Å². The minimum atomic E-state index is -0.688. The van der Waals surface area contributed by atoms with Crippen LogP contribution in [0.3, 0.4) is 0 Å². The predicted molar refractivity (Wildman–Crippen MR) is 172 cm³/mol. The molecular formula is C33H56N6O4. The standard InChI is InChI=1S/C33H56N6O4/c1-4-5-6-7-8-9-10-11-12-13-14-15-16-17-18-19-29(40)42-21-20-27(24-43-32(41)30(34)26(2)3)23-39-25-37-28-22-36-33(35)38-31(28)39/h11-12,22,25-27,30H,4-10,13-21,23-24,34H2,1-3H3,(H2,35,36,38)/t27-,30+/m1/s1. The van der Waals surface area contributed by atoms with Gasteiger partial charge in [-0.15, -0.1) is 0 Å². The van der Waals surface area contributed by atoms with E-state index in [1.54, 1.807) is 12.5 Å². The molecule has 0 aromatic carbocycles. The quantitative estimate of drug-likeness (QED) is 0.0780. The summed E-state index contributed by atoms with van der Waals surface area (Å²) in [6.45, 7) is 6.85. The number of fused-ring (bicyclic) bond motifs is 1. The molecule has 0 amide bonds. The lowest BCUT2D eigenvalue weighted by Crippen LogP contribution is -2.38. The number of aromatic nitrogens is 4. The second kappa shape index (κ2) is 21.6.